The molecule has 6 nitrogen and oxygen atoms in total. The van der Waals surface area contributed by atoms with Crippen molar-refractivity contribution in [2.24, 2.45) is 0 Å². The average molecular weight is 314 g/mol. The first kappa shape index (κ1) is 15.7. The molecule has 0 saturated carbocycles. The lowest BCUT2D eigenvalue weighted by Gasteiger charge is -2.34. The molecule has 1 aliphatic heterocycles. The lowest BCUT2D eigenvalue weighted by Crippen LogP contribution is -2.45. The van der Waals surface area contributed by atoms with E-state index in [-0.39, 0.29) is 6.04 Å². The Hall–Kier alpha value is -2.18. The van der Waals surface area contributed by atoms with E-state index in [9.17, 15) is 0 Å². The maximum atomic E-state index is 5.31. The smallest absolute Gasteiger partial charge is 0.220 e. The largest absolute Gasteiger partial charge is 0.481 e. The van der Waals surface area contributed by atoms with Gasteiger partial charge in [0.2, 0.25) is 11.8 Å². The molecule has 6 heteroatoms. The molecule has 2 heterocycles. The summed E-state index contributed by atoms with van der Waals surface area (Å²) in [5, 5.41) is 3.39. The minimum Gasteiger partial charge on any atom is -0.481 e. The molecule has 0 bridgehead atoms. The summed E-state index contributed by atoms with van der Waals surface area (Å²) in [6, 6.07) is 12.0. The van der Waals surface area contributed by atoms with Gasteiger partial charge < -0.3 is 14.8 Å². The Kier molecular flexibility index (Phi) is 5.05. The maximum Gasteiger partial charge on any atom is 0.220 e. The minimum absolute atomic E-state index is 0.0118. The van der Waals surface area contributed by atoms with Crippen molar-refractivity contribution in [3.05, 3.63) is 47.8 Å². The van der Waals surface area contributed by atoms with Crippen LogP contribution in [0.25, 0.3) is 0 Å². The van der Waals surface area contributed by atoms with E-state index in [1.165, 1.54) is 5.56 Å². The van der Waals surface area contributed by atoms with Gasteiger partial charge in [-0.1, -0.05) is 30.3 Å². The molecule has 2 aromatic rings. The number of hydrogen-bond acceptors (Lipinski definition) is 6. The predicted octanol–water partition coefficient (Wildman–Crippen LogP) is 1.49. The second-order valence-electron chi connectivity index (χ2n) is 5.41. The van der Waals surface area contributed by atoms with Crippen LogP contribution in [-0.2, 0) is 0 Å². The Labute approximate surface area is 136 Å². The fourth-order valence-electron chi connectivity index (χ4n) is 2.85. The summed E-state index contributed by atoms with van der Waals surface area (Å²) in [4.78, 5) is 11.5. The third-order valence-corrected chi connectivity index (χ3v) is 3.99. The SMILES string of the molecule is COc1cc(OC)nc([C@H](c2ccccc2)N2CCNCC2)n1. The highest BCUT2D eigenvalue weighted by atomic mass is 16.5. The second kappa shape index (κ2) is 7.39. The van der Waals surface area contributed by atoms with Gasteiger partial charge >= 0.3 is 0 Å². The number of ether oxygens (including phenoxy) is 2. The molecule has 1 fully saturated rings. The van der Waals surface area contributed by atoms with Crippen molar-refractivity contribution in [3.8, 4) is 11.8 Å². The predicted molar refractivity (Wildman–Crippen MR) is 87.9 cm³/mol. The van der Waals surface area contributed by atoms with Gasteiger partial charge in [-0.3, -0.25) is 4.90 Å². The zero-order valence-corrected chi connectivity index (χ0v) is 13.5. The zero-order valence-electron chi connectivity index (χ0n) is 13.5. The molecule has 1 atom stereocenters. The number of hydrogen-bond donors (Lipinski definition) is 1. The van der Waals surface area contributed by atoms with Gasteiger partial charge in [-0.15, -0.1) is 0 Å². The Morgan fingerprint density at radius 2 is 1.61 bits per heavy atom. The molecule has 0 unspecified atom stereocenters. The molecular weight excluding hydrogens is 292 g/mol. The summed E-state index contributed by atoms with van der Waals surface area (Å²) in [6.07, 6.45) is 0. The Morgan fingerprint density at radius 3 is 2.17 bits per heavy atom. The molecule has 122 valence electrons. The topological polar surface area (TPSA) is 59.5 Å². The number of piperazine rings is 1. The molecule has 1 saturated heterocycles. The standard InChI is InChI=1S/C17H22N4O2/c1-22-14-12-15(23-2)20-17(19-14)16(13-6-4-3-5-7-13)21-10-8-18-9-11-21/h3-7,12,16,18H,8-11H2,1-2H3/t16-/m0/s1. The van der Waals surface area contributed by atoms with E-state index in [0.29, 0.717) is 17.6 Å². The highest BCUT2D eigenvalue weighted by molar-refractivity contribution is 5.29. The number of aromatic nitrogens is 2. The first-order valence-electron chi connectivity index (χ1n) is 7.78. The Morgan fingerprint density at radius 1 is 1.00 bits per heavy atom. The lowest BCUT2D eigenvalue weighted by atomic mass is 10.0. The third-order valence-electron chi connectivity index (χ3n) is 3.99. The van der Waals surface area contributed by atoms with Crippen LogP contribution in [-0.4, -0.2) is 55.3 Å². The van der Waals surface area contributed by atoms with E-state index in [1.807, 2.05) is 18.2 Å². The van der Waals surface area contributed by atoms with Crippen LogP contribution in [0.1, 0.15) is 17.4 Å². The van der Waals surface area contributed by atoms with Crippen LogP contribution in [0.4, 0.5) is 0 Å². The van der Waals surface area contributed by atoms with Gasteiger partial charge in [-0.05, 0) is 5.56 Å². The van der Waals surface area contributed by atoms with E-state index in [4.69, 9.17) is 9.47 Å². The second-order valence-corrected chi connectivity index (χ2v) is 5.41. The van der Waals surface area contributed by atoms with Crippen molar-refractivity contribution >= 4 is 0 Å². The molecule has 0 spiro atoms. The fourth-order valence-corrected chi connectivity index (χ4v) is 2.85. The van der Waals surface area contributed by atoms with Crippen LogP contribution in [0.5, 0.6) is 11.8 Å². The first-order chi connectivity index (χ1) is 11.3. The molecule has 1 N–H and O–H groups in total. The van der Waals surface area contributed by atoms with Crippen molar-refractivity contribution in [2.75, 3.05) is 40.4 Å². The number of benzene rings is 1. The molecule has 0 radical (unpaired) electrons. The zero-order chi connectivity index (χ0) is 16.1. The van der Waals surface area contributed by atoms with E-state index in [2.05, 4.69) is 32.3 Å². The summed E-state index contributed by atoms with van der Waals surface area (Å²) in [6.45, 7) is 3.82. The maximum absolute atomic E-state index is 5.31. The quantitative estimate of drug-likeness (QED) is 0.902. The Bertz CT molecular complexity index is 607. The van der Waals surface area contributed by atoms with Gasteiger partial charge in [0.1, 0.15) is 0 Å². The van der Waals surface area contributed by atoms with Gasteiger partial charge in [-0.25, -0.2) is 0 Å². The third kappa shape index (κ3) is 3.60. The van der Waals surface area contributed by atoms with Crippen molar-refractivity contribution in [2.45, 2.75) is 6.04 Å². The van der Waals surface area contributed by atoms with E-state index < -0.39 is 0 Å². The summed E-state index contributed by atoms with van der Waals surface area (Å²) in [7, 11) is 3.21. The van der Waals surface area contributed by atoms with Gasteiger partial charge in [0.05, 0.1) is 26.3 Å². The molecule has 0 amide bonds. The van der Waals surface area contributed by atoms with E-state index >= 15 is 0 Å². The van der Waals surface area contributed by atoms with Gasteiger partial charge in [0.25, 0.3) is 0 Å². The molecule has 1 aliphatic rings. The number of nitrogens with one attached hydrogen (secondary N) is 1. The van der Waals surface area contributed by atoms with Crippen LogP contribution in [0.15, 0.2) is 36.4 Å². The molecule has 1 aromatic heterocycles. The van der Waals surface area contributed by atoms with Crippen molar-refractivity contribution in [3.63, 3.8) is 0 Å². The molecule has 23 heavy (non-hydrogen) atoms. The van der Waals surface area contributed by atoms with Crippen molar-refractivity contribution in [1.29, 1.82) is 0 Å². The molecule has 3 rings (SSSR count). The summed E-state index contributed by atoms with van der Waals surface area (Å²) in [5.41, 5.74) is 1.17. The van der Waals surface area contributed by atoms with Crippen LogP contribution in [0.2, 0.25) is 0 Å². The monoisotopic (exact) mass is 314 g/mol. The number of nitrogens with zero attached hydrogens (tertiary/aromatic N) is 3. The summed E-state index contributed by atoms with van der Waals surface area (Å²) >= 11 is 0. The summed E-state index contributed by atoms with van der Waals surface area (Å²) in [5.74, 6) is 1.74. The average Bonchev–Trinajstić information content (AvgIpc) is 2.63. The molecule has 0 aliphatic carbocycles. The highest BCUT2D eigenvalue weighted by Gasteiger charge is 2.27. The summed E-state index contributed by atoms with van der Waals surface area (Å²) < 4.78 is 10.6. The number of methoxy groups -OCH3 is 2. The first-order valence-corrected chi connectivity index (χ1v) is 7.78. The normalized spacial score (nSPS) is 16.8. The minimum atomic E-state index is -0.0118. The van der Waals surface area contributed by atoms with Crippen LogP contribution in [0.3, 0.4) is 0 Å². The Balaban J connectivity index is 2.04. The molecular formula is C17H22N4O2. The van der Waals surface area contributed by atoms with Crippen molar-refractivity contribution in [1.82, 2.24) is 20.2 Å². The van der Waals surface area contributed by atoms with Gasteiger partial charge in [-0.2, -0.15) is 9.97 Å². The molecule has 1 aromatic carbocycles. The van der Waals surface area contributed by atoms with E-state index in [1.54, 1.807) is 20.3 Å². The van der Waals surface area contributed by atoms with Crippen LogP contribution < -0.4 is 14.8 Å². The van der Waals surface area contributed by atoms with Crippen LogP contribution >= 0.6 is 0 Å². The number of rotatable bonds is 5. The fraction of sp³-hybridized carbons (Fsp3) is 0.412. The highest BCUT2D eigenvalue weighted by Crippen LogP contribution is 2.29. The van der Waals surface area contributed by atoms with Gasteiger partial charge in [0, 0.05) is 26.2 Å². The van der Waals surface area contributed by atoms with Gasteiger partial charge in [0.15, 0.2) is 5.82 Å². The van der Waals surface area contributed by atoms with E-state index in [0.717, 1.165) is 26.2 Å². The van der Waals surface area contributed by atoms with Crippen LogP contribution in [0, 0.1) is 0 Å². The lowest BCUT2D eigenvalue weighted by molar-refractivity contribution is 0.190. The van der Waals surface area contributed by atoms with Crippen molar-refractivity contribution < 1.29 is 9.47 Å².